The van der Waals surface area contributed by atoms with Crippen molar-refractivity contribution in [2.45, 2.75) is 11.8 Å². The Balaban J connectivity index is 2.22. The molecule has 0 aliphatic rings. The van der Waals surface area contributed by atoms with Gasteiger partial charge >= 0.3 is 0 Å². The second kappa shape index (κ2) is 6.37. The van der Waals surface area contributed by atoms with Crippen LogP contribution in [0.4, 0.5) is 0 Å². The number of benzene rings is 1. The molecular weight excluding hydrogens is 326 g/mol. The Kier molecular flexibility index (Phi) is 4.42. The van der Waals surface area contributed by atoms with E-state index in [4.69, 9.17) is 0 Å². The van der Waals surface area contributed by atoms with E-state index in [-0.39, 0.29) is 5.56 Å². The summed E-state index contributed by atoms with van der Waals surface area (Å²) in [6, 6.07) is 8.73. The molecule has 0 saturated carbocycles. The minimum absolute atomic E-state index is 0.0933. The van der Waals surface area contributed by atoms with Crippen LogP contribution >= 0.6 is 10.8 Å². The molecule has 0 bridgehead atoms. The van der Waals surface area contributed by atoms with Crippen LogP contribution in [0.15, 0.2) is 58.6 Å². The first kappa shape index (κ1) is 16.7. The molecule has 3 rings (SSSR count). The Morgan fingerprint density at radius 1 is 1.25 bits per heavy atom. The maximum absolute atomic E-state index is 12.3. The summed E-state index contributed by atoms with van der Waals surface area (Å²) in [6.45, 7) is 2.25. The molecule has 24 heavy (non-hydrogen) atoms. The minimum Gasteiger partial charge on any atom is -0.317 e. The fraction of sp³-hybridized carbons (Fsp3) is 0.176. The van der Waals surface area contributed by atoms with Gasteiger partial charge in [0.25, 0.3) is 5.56 Å². The molecule has 0 amide bonds. The molecule has 2 heterocycles. The average Bonchev–Trinajstić information content (AvgIpc) is 2.58. The molecule has 0 spiro atoms. The van der Waals surface area contributed by atoms with Gasteiger partial charge in [-0.05, 0) is 23.8 Å². The molecule has 3 N–H and O–H groups in total. The largest absolute Gasteiger partial charge is 0.317 e. The first-order chi connectivity index (χ1) is 11.4. The summed E-state index contributed by atoms with van der Waals surface area (Å²) in [5.41, 5.74) is 1.51. The van der Waals surface area contributed by atoms with Gasteiger partial charge in [-0.2, -0.15) is 0 Å². The van der Waals surface area contributed by atoms with Crippen LogP contribution in [-0.2, 0) is 7.05 Å². The second-order valence-corrected chi connectivity index (χ2v) is 7.31. The van der Waals surface area contributed by atoms with Crippen LogP contribution in [0.25, 0.3) is 21.9 Å². The summed E-state index contributed by atoms with van der Waals surface area (Å²) in [6.07, 6.45) is 4.98. The van der Waals surface area contributed by atoms with Gasteiger partial charge < -0.3 is 4.57 Å². The highest BCUT2D eigenvalue weighted by atomic mass is 32.3. The van der Waals surface area contributed by atoms with Crippen molar-refractivity contribution in [3.05, 3.63) is 59.3 Å². The number of hydrogen-bond acceptors (Lipinski definition) is 5. The normalized spacial score (nSPS) is 12.5. The SMILES string of the molecule is CCNS(O)(O)c1cccc(-c2cn(C)c(=O)c3ccncc23)c1. The van der Waals surface area contributed by atoms with Gasteiger partial charge in [0.2, 0.25) is 0 Å². The van der Waals surface area contributed by atoms with Crippen LogP contribution in [0.2, 0.25) is 0 Å². The van der Waals surface area contributed by atoms with E-state index in [1.807, 2.05) is 13.0 Å². The van der Waals surface area contributed by atoms with Crippen LogP contribution in [-0.4, -0.2) is 25.2 Å². The second-order valence-electron chi connectivity index (χ2n) is 5.45. The molecule has 2 aromatic heterocycles. The molecule has 0 saturated heterocycles. The van der Waals surface area contributed by atoms with Crippen molar-refractivity contribution in [2.75, 3.05) is 6.54 Å². The van der Waals surface area contributed by atoms with Crippen LogP contribution < -0.4 is 10.3 Å². The monoisotopic (exact) mass is 345 g/mol. The first-order valence-electron chi connectivity index (χ1n) is 7.50. The molecule has 0 unspecified atom stereocenters. The van der Waals surface area contributed by atoms with Gasteiger partial charge in [0.05, 0.1) is 10.3 Å². The van der Waals surface area contributed by atoms with Gasteiger partial charge in [0.1, 0.15) is 0 Å². The Morgan fingerprint density at radius 3 is 2.79 bits per heavy atom. The highest BCUT2D eigenvalue weighted by molar-refractivity contribution is 8.22. The maximum atomic E-state index is 12.3. The molecule has 0 atom stereocenters. The van der Waals surface area contributed by atoms with Gasteiger partial charge in [-0.1, -0.05) is 19.1 Å². The number of rotatable bonds is 4. The predicted octanol–water partition coefficient (Wildman–Crippen LogP) is 3.23. The molecular formula is C17H19N3O3S. The third kappa shape index (κ3) is 2.94. The zero-order valence-corrected chi connectivity index (χ0v) is 14.2. The number of nitrogens with one attached hydrogen (secondary N) is 1. The number of hydrogen-bond donors (Lipinski definition) is 3. The Hall–Kier alpha value is -2.19. The van der Waals surface area contributed by atoms with Crippen molar-refractivity contribution >= 4 is 21.5 Å². The lowest BCUT2D eigenvalue weighted by Gasteiger charge is -2.32. The third-order valence-corrected chi connectivity index (χ3v) is 5.41. The van der Waals surface area contributed by atoms with E-state index in [1.54, 1.807) is 49.9 Å². The van der Waals surface area contributed by atoms with E-state index in [2.05, 4.69) is 9.71 Å². The standard InChI is InChI=1S/C17H19N3O3S/c1-3-19-24(22,23)13-6-4-5-12(9-13)16-11-20(2)17(21)14-7-8-18-10-15(14)16/h4-11,19,22-23H,3H2,1-2H3. The lowest BCUT2D eigenvalue weighted by atomic mass is 10.0. The fourth-order valence-electron chi connectivity index (χ4n) is 2.66. The predicted molar refractivity (Wildman–Crippen MR) is 97.2 cm³/mol. The number of aryl methyl sites for hydroxylation is 1. The third-order valence-electron chi connectivity index (χ3n) is 3.80. The summed E-state index contributed by atoms with van der Waals surface area (Å²) in [7, 11) is -1.35. The molecule has 6 nitrogen and oxygen atoms in total. The Labute approximate surface area is 141 Å². The summed E-state index contributed by atoms with van der Waals surface area (Å²) in [5.74, 6) is 0. The maximum Gasteiger partial charge on any atom is 0.258 e. The van der Waals surface area contributed by atoms with Crippen molar-refractivity contribution < 1.29 is 9.11 Å². The lowest BCUT2D eigenvalue weighted by Crippen LogP contribution is -2.19. The van der Waals surface area contributed by atoms with Gasteiger partial charge in [0.15, 0.2) is 0 Å². The molecule has 3 aromatic rings. The van der Waals surface area contributed by atoms with Crippen molar-refractivity contribution in [2.24, 2.45) is 7.05 Å². The van der Waals surface area contributed by atoms with Crippen molar-refractivity contribution in [1.82, 2.24) is 14.3 Å². The van der Waals surface area contributed by atoms with Gasteiger partial charge in [-0.3, -0.25) is 18.9 Å². The smallest absolute Gasteiger partial charge is 0.258 e. The van der Waals surface area contributed by atoms with Crippen molar-refractivity contribution in [3.8, 4) is 11.1 Å². The fourth-order valence-corrected chi connectivity index (χ4v) is 3.79. The first-order valence-corrected chi connectivity index (χ1v) is 9.05. The molecule has 1 aromatic carbocycles. The van der Waals surface area contributed by atoms with Crippen LogP contribution in [0.5, 0.6) is 0 Å². The quantitative estimate of drug-likeness (QED) is 0.676. The van der Waals surface area contributed by atoms with Crippen LogP contribution in [0.1, 0.15) is 6.92 Å². The molecule has 0 aliphatic heterocycles. The zero-order valence-electron chi connectivity index (χ0n) is 13.4. The topological polar surface area (TPSA) is 87.4 Å². The van der Waals surface area contributed by atoms with Crippen molar-refractivity contribution in [3.63, 3.8) is 0 Å². The van der Waals surface area contributed by atoms with E-state index in [9.17, 15) is 13.9 Å². The van der Waals surface area contributed by atoms with E-state index in [0.29, 0.717) is 16.8 Å². The number of pyridine rings is 2. The molecule has 7 heteroatoms. The highest BCUT2D eigenvalue weighted by Crippen LogP contribution is 2.45. The van der Waals surface area contributed by atoms with Crippen LogP contribution in [0.3, 0.4) is 0 Å². The Morgan fingerprint density at radius 2 is 2.04 bits per heavy atom. The van der Waals surface area contributed by atoms with Gasteiger partial charge in [-0.15, -0.1) is 10.8 Å². The Bertz CT molecular complexity index is 953. The van der Waals surface area contributed by atoms with Crippen molar-refractivity contribution in [1.29, 1.82) is 0 Å². The van der Waals surface area contributed by atoms with E-state index < -0.39 is 10.8 Å². The van der Waals surface area contributed by atoms with Gasteiger partial charge in [-0.25, -0.2) is 4.72 Å². The minimum atomic E-state index is -3.05. The summed E-state index contributed by atoms with van der Waals surface area (Å²) in [5, 5.41) is 1.31. The number of fused-ring (bicyclic) bond motifs is 1. The zero-order chi connectivity index (χ0) is 17.3. The highest BCUT2D eigenvalue weighted by Gasteiger charge is 2.16. The number of aromatic nitrogens is 2. The van der Waals surface area contributed by atoms with E-state index >= 15 is 0 Å². The summed E-state index contributed by atoms with van der Waals surface area (Å²) >= 11 is 0. The molecule has 0 radical (unpaired) electrons. The molecule has 126 valence electrons. The van der Waals surface area contributed by atoms with E-state index in [1.165, 1.54) is 4.57 Å². The molecule has 0 aliphatic carbocycles. The lowest BCUT2D eigenvalue weighted by molar-refractivity contribution is 0.472. The summed E-state index contributed by atoms with van der Waals surface area (Å²) in [4.78, 5) is 16.8. The van der Waals surface area contributed by atoms with E-state index in [0.717, 1.165) is 16.5 Å². The summed E-state index contributed by atoms with van der Waals surface area (Å²) < 4.78 is 24.7. The molecule has 0 fully saturated rings. The van der Waals surface area contributed by atoms with Gasteiger partial charge in [0, 0.05) is 43.1 Å². The average molecular weight is 345 g/mol. The van der Waals surface area contributed by atoms with Crippen LogP contribution in [0, 0.1) is 0 Å². The number of nitrogens with zero attached hydrogens (tertiary/aromatic N) is 2.